The van der Waals surface area contributed by atoms with Gasteiger partial charge in [-0.25, -0.2) is 0 Å². The molecule has 0 bridgehead atoms. The number of aryl methyl sites for hydroxylation is 1. The van der Waals surface area contributed by atoms with Gasteiger partial charge >= 0.3 is 0 Å². The molecule has 1 aromatic rings. The van der Waals surface area contributed by atoms with Crippen LogP contribution in [-0.2, 0) is 0 Å². The lowest BCUT2D eigenvalue weighted by atomic mass is 10.2. The maximum Gasteiger partial charge on any atom is 0.0630 e. The van der Waals surface area contributed by atoms with Crippen molar-refractivity contribution in [2.24, 2.45) is 0 Å². The van der Waals surface area contributed by atoms with Crippen molar-refractivity contribution in [3.63, 3.8) is 0 Å². The Morgan fingerprint density at radius 1 is 1.21 bits per heavy atom. The molecule has 0 radical (unpaired) electrons. The Morgan fingerprint density at radius 3 is 2.57 bits per heavy atom. The molecule has 2 heteroatoms. The van der Waals surface area contributed by atoms with Crippen LogP contribution in [0.15, 0.2) is 9.59 Å². The molecule has 0 N–H and O–H groups in total. The topological polar surface area (TPSA) is 0 Å². The van der Waals surface area contributed by atoms with E-state index in [1.54, 1.807) is 0 Å². The van der Waals surface area contributed by atoms with Crippen molar-refractivity contribution in [1.29, 1.82) is 0 Å². The number of thioether (sulfide) groups is 1. The Labute approximate surface area is 96.1 Å². The summed E-state index contributed by atoms with van der Waals surface area (Å²) in [6, 6.07) is 0. The van der Waals surface area contributed by atoms with Crippen molar-refractivity contribution in [1.82, 2.24) is 0 Å². The highest BCUT2D eigenvalue weighted by Gasteiger charge is 2.03. The van der Waals surface area contributed by atoms with E-state index < -0.39 is 0 Å². The molecule has 14 heavy (non-hydrogen) atoms. The lowest BCUT2D eigenvalue weighted by Crippen LogP contribution is -1.81. The molecule has 0 amide bonds. The minimum absolute atomic E-state index is 1.29. The van der Waals surface area contributed by atoms with Gasteiger partial charge in [0.1, 0.15) is 0 Å². The molecule has 0 aliphatic heterocycles. The van der Waals surface area contributed by atoms with Gasteiger partial charge < -0.3 is 0 Å². The second-order valence-electron chi connectivity index (χ2n) is 3.74. The summed E-state index contributed by atoms with van der Waals surface area (Å²) >= 11 is 3.94. The first-order valence-electron chi connectivity index (χ1n) is 5.43. The fraction of sp³-hybridized carbons (Fsp3) is 0.667. The monoisotopic (exact) mass is 228 g/mol. The minimum Gasteiger partial charge on any atom is -0.137 e. The number of thiophene rings is 1. The van der Waals surface area contributed by atoms with Gasteiger partial charge in [0.2, 0.25) is 0 Å². The lowest BCUT2D eigenvalue weighted by molar-refractivity contribution is 0.706. The van der Waals surface area contributed by atoms with E-state index in [1.165, 1.54) is 46.8 Å². The fourth-order valence-corrected chi connectivity index (χ4v) is 3.69. The van der Waals surface area contributed by atoms with E-state index in [2.05, 4.69) is 26.2 Å². The zero-order valence-corrected chi connectivity index (χ0v) is 11.1. The van der Waals surface area contributed by atoms with Crippen LogP contribution in [0.1, 0.15) is 43.7 Å². The SMILES string of the molecule is CCCCCCSc1scc(C)c1C. The molecule has 0 aliphatic carbocycles. The molecule has 80 valence electrons. The molecule has 0 nitrogen and oxygen atoms in total. The molecule has 1 heterocycles. The van der Waals surface area contributed by atoms with Crippen LogP contribution in [0.25, 0.3) is 0 Å². The molecule has 0 saturated carbocycles. The van der Waals surface area contributed by atoms with Crippen molar-refractivity contribution >= 4 is 23.1 Å². The van der Waals surface area contributed by atoms with Crippen molar-refractivity contribution in [3.8, 4) is 0 Å². The number of rotatable bonds is 6. The number of hydrogen-bond donors (Lipinski definition) is 0. The van der Waals surface area contributed by atoms with Gasteiger partial charge in [0.05, 0.1) is 4.21 Å². The molecular formula is C12H20S2. The summed E-state index contributed by atoms with van der Waals surface area (Å²) in [6.07, 6.45) is 5.49. The van der Waals surface area contributed by atoms with Crippen LogP contribution < -0.4 is 0 Å². The summed E-state index contributed by atoms with van der Waals surface area (Å²) in [6.45, 7) is 6.70. The first kappa shape index (κ1) is 12.1. The predicted octanol–water partition coefficient (Wildman–Crippen LogP) is 5.04. The Bertz CT molecular complexity index is 263. The van der Waals surface area contributed by atoms with E-state index in [0.29, 0.717) is 0 Å². The smallest absolute Gasteiger partial charge is 0.0630 e. The quantitative estimate of drug-likeness (QED) is 0.485. The second-order valence-corrected chi connectivity index (χ2v) is 5.98. The van der Waals surface area contributed by atoms with Gasteiger partial charge in [0.15, 0.2) is 0 Å². The van der Waals surface area contributed by atoms with E-state index >= 15 is 0 Å². The molecule has 0 atom stereocenters. The maximum atomic E-state index is 2.27. The Hall–Kier alpha value is 0.0500. The summed E-state index contributed by atoms with van der Waals surface area (Å²) in [7, 11) is 0. The fourth-order valence-electron chi connectivity index (χ4n) is 1.32. The van der Waals surface area contributed by atoms with Gasteiger partial charge in [0, 0.05) is 0 Å². The highest BCUT2D eigenvalue weighted by molar-refractivity contribution is 8.01. The third-order valence-electron chi connectivity index (χ3n) is 2.47. The van der Waals surface area contributed by atoms with Gasteiger partial charge in [-0.1, -0.05) is 26.2 Å². The predicted molar refractivity (Wildman–Crippen MR) is 68.7 cm³/mol. The van der Waals surface area contributed by atoms with Crippen molar-refractivity contribution in [2.75, 3.05) is 5.75 Å². The van der Waals surface area contributed by atoms with E-state index in [-0.39, 0.29) is 0 Å². The van der Waals surface area contributed by atoms with Crippen molar-refractivity contribution in [3.05, 3.63) is 16.5 Å². The average molecular weight is 228 g/mol. The van der Waals surface area contributed by atoms with Crippen LogP contribution in [-0.4, -0.2) is 5.75 Å². The van der Waals surface area contributed by atoms with Crippen LogP contribution in [0.2, 0.25) is 0 Å². The molecule has 0 spiro atoms. The average Bonchev–Trinajstić information content (AvgIpc) is 2.49. The standard InChI is InChI=1S/C12H20S2/c1-4-5-6-7-8-13-12-11(3)10(2)9-14-12/h9H,4-8H2,1-3H3. The molecule has 0 aromatic carbocycles. The molecule has 1 rings (SSSR count). The largest absolute Gasteiger partial charge is 0.137 e. The normalized spacial score (nSPS) is 10.8. The summed E-state index contributed by atoms with van der Waals surface area (Å²) in [5.74, 6) is 1.29. The Balaban J connectivity index is 2.21. The summed E-state index contributed by atoms with van der Waals surface area (Å²) < 4.78 is 1.53. The van der Waals surface area contributed by atoms with Crippen molar-refractivity contribution < 1.29 is 0 Å². The summed E-state index contributed by atoms with van der Waals surface area (Å²) in [4.78, 5) is 0. The summed E-state index contributed by atoms with van der Waals surface area (Å²) in [5.41, 5.74) is 2.95. The third kappa shape index (κ3) is 3.66. The first-order chi connectivity index (χ1) is 6.75. The highest BCUT2D eigenvalue weighted by atomic mass is 32.2. The molecule has 0 aliphatic rings. The van der Waals surface area contributed by atoms with Crippen molar-refractivity contribution in [2.45, 2.75) is 50.7 Å². The lowest BCUT2D eigenvalue weighted by Gasteiger charge is -2.00. The third-order valence-corrected chi connectivity index (χ3v) is 5.17. The number of hydrogen-bond acceptors (Lipinski definition) is 2. The molecule has 0 saturated heterocycles. The van der Waals surface area contributed by atoms with E-state index in [9.17, 15) is 0 Å². The van der Waals surface area contributed by atoms with Gasteiger partial charge in [0.25, 0.3) is 0 Å². The number of unbranched alkanes of at least 4 members (excludes halogenated alkanes) is 3. The Kier molecular flexibility index (Phi) is 5.64. The van der Waals surface area contributed by atoms with Gasteiger partial charge in [-0.15, -0.1) is 23.1 Å². The van der Waals surface area contributed by atoms with Gasteiger partial charge in [-0.3, -0.25) is 0 Å². The van der Waals surface area contributed by atoms with Crippen LogP contribution in [0.5, 0.6) is 0 Å². The zero-order chi connectivity index (χ0) is 10.4. The maximum absolute atomic E-state index is 2.27. The molecular weight excluding hydrogens is 208 g/mol. The zero-order valence-electron chi connectivity index (χ0n) is 9.43. The molecule has 0 unspecified atom stereocenters. The highest BCUT2D eigenvalue weighted by Crippen LogP contribution is 2.31. The van der Waals surface area contributed by atoms with Crippen LogP contribution in [0.3, 0.4) is 0 Å². The minimum atomic E-state index is 1.29. The van der Waals surface area contributed by atoms with Gasteiger partial charge in [-0.05, 0) is 42.5 Å². The van der Waals surface area contributed by atoms with E-state index in [4.69, 9.17) is 0 Å². The van der Waals surface area contributed by atoms with Gasteiger partial charge in [-0.2, -0.15) is 0 Å². The van der Waals surface area contributed by atoms with Crippen LogP contribution in [0, 0.1) is 13.8 Å². The van der Waals surface area contributed by atoms with Crippen LogP contribution in [0.4, 0.5) is 0 Å². The Morgan fingerprint density at radius 2 is 2.00 bits per heavy atom. The van der Waals surface area contributed by atoms with E-state index in [0.717, 1.165) is 0 Å². The van der Waals surface area contributed by atoms with E-state index in [1.807, 2.05) is 23.1 Å². The molecule has 1 aromatic heterocycles. The molecule has 0 fully saturated rings. The van der Waals surface area contributed by atoms with Crippen LogP contribution >= 0.6 is 23.1 Å². The second kappa shape index (κ2) is 6.52. The summed E-state index contributed by atoms with van der Waals surface area (Å²) in [5, 5.41) is 2.27. The first-order valence-corrected chi connectivity index (χ1v) is 7.29.